The van der Waals surface area contributed by atoms with Crippen molar-refractivity contribution in [2.24, 2.45) is 0 Å². The topological polar surface area (TPSA) is 56.7 Å². The minimum absolute atomic E-state index is 0.251. The van der Waals surface area contributed by atoms with Crippen molar-refractivity contribution in [2.45, 2.75) is 51.2 Å². The van der Waals surface area contributed by atoms with E-state index in [-0.39, 0.29) is 6.10 Å². The highest BCUT2D eigenvalue weighted by Gasteiger charge is 2.20. The molecule has 0 radical (unpaired) electrons. The quantitative estimate of drug-likeness (QED) is 0.189. The first kappa shape index (κ1) is 25.6. The molecule has 196 valence electrons. The summed E-state index contributed by atoms with van der Waals surface area (Å²) in [6.07, 6.45) is 14.2. The van der Waals surface area contributed by atoms with Crippen molar-refractivity contribution in [3.05, 3.63) is 103 Å². The molecule has 0 saturated heterocycles. The number of pyridine rings is 2. The zero-order valence-corrected chi connectivity index (χ0v) is 22.0. The Morgan fingerprint density at radius 2 is 1.61 bits per heavy atom. The van der Waals surface area contributed by atoms with Crippen LogP contribution < -0.4 is 19.1 Å². The van der Waals surface area contributed by atoms with Gasteiger partial charge in [0.1, 0.15) is 5.75 Å². The minimum atomic E-state index is 0.251. The molecule has 6 nitrogen and oxygen atoms in total. The van der Waals surface area contributed by atoms with Crippen LogP contribution in [0.2, 0.25) is 0 Å². The summed E-state index contributed by atoms with van der Waals surface area (Å²) in [7, 11) is 1.69. The molecule has 6 heteroatoms. The van der Waals surface area contributed by atoms with E-state index in [1.807, 2.05) is 42.9 Å². The van der Waals surface area contributed by atoms with E-state index in [1.54, 1.807) is 13.3 Å². The molecule has 2 aromatic heterocycles. The maximum atomic E-state index is 6.39. The summed E-state index contributed by atoms with van der Waals surface area (Å²) in [6.45, 7) is 1.34. The van der Waals surface area contributed by atoms with Gasteiger partial charge in [0.2, 0.25) is 0 Å². The van der Waals surface area contributed by atoms with Crippen LogP contribution in [-0.2, 0) is 13.0 Å². The van der Waals surface area contributed by atoms with Crippen molar-refractivity contribution in [1.29, 1.82) is 0 Å². The number of rotatable bonds is 12. The summed E-state index contributed by atoms with van der Waals surface area (Å²) < 4.78 is 18.1. The van der Waals surface area contributed by atoms with Crippen LogP contribution in [0.15, 0.2) is 91.5 Å². The van der Waals surface area contributed by atoms with Gasteiger partial charge in [-0.1, -0.05) is 6.07 Å². The van der Waals surface area contributed by atoms with Gasteiger partial charge in [-0.2, -0.15) is 0 Å². The van der Waals surface area contributed by atoms with E-state index in [1.165, 1.54) is 18.4 Å². The molecule has 0 unspecified atom stereocenters. The fraction of sp³-hybridized carbons (Fsp3) is 0.312. The average Bonchev–Trinajstić information content (AvgIpc) is 3.49. The third-order valence-electron chi connectivity index (χ3n) is 6.89. The standard InChI is InChI=1S/C32H35N3O3/c1-36-31-15-12-28(22-32(31)38-30-8-2-3-9-30)35(24-26-6-4-18-34-23-26)27-10-13-29(14-11-27)37-21-5-7-25-16-19-33-20-17-25/h4,6,10-20,22-23,30H,2-3,5,7-9,21,24H2,1H3. The van der Waals surface area contributed by atoms with E-state index in [2.05, 4.69) is 57.3 Å². The Morgan fingerprint density at radius 1 is 0.816 bits per heavy atom. The molecule has 0 aliphatic heterocycles. The van der Waals surface area contributed by atoms with E-state index < -0.39 is 0 Å². The van der Waals surface area contributed by atoms with Gasteiger partial charge in [0.05, 0.1) is 19.8 Å². The first-order valence-electron chi connectivity index (χ1n) is 13.4. The highest BCUT2D eigenvalue weighted by molar-refractivity contribution is 5.67. The Balaban J connectivity index is 1.32. The third kappa shape index (κ3) is 6.82. The molecule has 5 rings (SSSR count). The summed E-state index contributed by atoms with van der Waals surface area (Å²) in [5, 5.41) is 0. The second kappa shape index (κ2) is 13.0. The number of hydrogen-bond acceptors (Lipinski definition) is 6. The Kier molecular flexibility index (Phi) is 8.72. The van der Waals surface area contributed by atoms with Gasteiger partial charge in [-0.05, 0) is 104 Å². The number of nitrogens with zero attached hydrogens (tertiary/aromatic N) is 3. The van der Waals surface area contributed by atoms with Crippen LogP contribution in [0.4, 0.5) is 11.4 Å². The SMILES string of the molecule is COc1ccc(N(Cc2cccnc2)c2ccc(OCCCc3ccncc3)cc2)cc1OC1CCCC1. The van der Waals surface area contributed by atoms with Crippen LogP contribution in [0.5, 0.6) is 17.2 Å². The van der Waals surface area contributed by atoms with Gasteiger partial charge in [0.15, 0.2) is 11.5 Å². The van der Waals surface area contributed by atoms with Crippen molar-refractivity contribution >= 4 is 11.4 Å². The number of aromatic nitrogens is 2. The van der Waals surface area contributed by atoms with Gasteiger partial charge >= 0.3 is 0 Å². The molecule has 0 N–H and O–H groups in total. The molecule has 1 saturated carbocycles. The second-order valence-corrected chi connectivity index (χ2v) is 9.61. The minimum Gasteiger partial charge on any atom is -0.494 e. The summed E-state index contributed by atoms with van der Waals surface area (Å²) in [5.41, 5.74) is 4.50. The molecule has 1 aliphatic rings. The number of hydrogen-bond donors (Lipinski definition) is 0. The Bertz CT molecular complexity index is 1260. The summed E-state index contributed by atoms with van der Waals surface area (Å²) in [5.74, 6) is 2.42. The van der Waals surface area contributed by atoms with Gasteiger partial charge in [0, 0.05) is 48.8 Å². The van der Waals surface area contributed by atoms with Crippen LogP contribution in [0.3, 0.4) is 0 Å². The summed E-state index contributed by atoms with van der Waals surface area (Å²) in [6, 6.07) is 22.6. The second-order valence-electron chi connectivity index (χ2n) is 9.61. The van der Waals surface area contributed by atoms with Gasteiger partial charge in [-0.25, -0.2) is 0 Å². The lowest BCUT2D eigenvalue weighted by atomic mass is 10.1. The lowest BCUT2D eigenvalue weighted by Gasteiger charge is -2.27. The van der Waals surface area contributed by atoms with Crippen molar-refractivity contribution in [1.82, 2.24) is 9.97 Å². The molecule has 4 aromatic rings. The molecule has 0 spiro atoms. The first-order valence-corrected chi connectivity index (χ1v) is 13.4. The molecule has 1 fully saturated rings. The number of ether oxygens (including phenoxy) is 3. The predicted molar refractivity (Wildman–Crippen MR) is 150 cm³/mol. The number of benzene rings is 2. The van der Waals surface area contributed by atoms with Crippen molar-refractivity contribution in [3.8, 4) is 17.2 Å². The molecule has 38 heavy (non-hydrogen) atoms. The van der Waals surface area contributed by atoms with Crippen LogP contribution in [0.25, 0.3) is 0 Å². The zero-order valence-electron chi connectivity index (χ0n) is 22.0. The van der Waals surface area contributed by atoms with E-state index in [0.717, 1.165) is 59.9 Å². The molecule has 0 amide bonds. The third-order valence-corrected chi connectivity index (χ3v) is 6.89. The molecule has 0 bridgehead atoms. The lowest BCUT2D eigenvalue weighted by Crippen LogP contribution is -2.17. The molecule has 0 atom stereocenters. The molecule has 2 heterocycles. The highest BCUT2D eigenvalue weighted by atomic mass is 16.5. The normalized spacial score (nSPS) is 13.3. The fourth-order valence-electron chi connectivity index (χ4n) is 4.86. The lowest BCUT2D eigenvalue weighted by molar-refractivity contribution is 0.201. The van der Waals surface area contributed by atoms with Gasteiger partial charge < -0.3 is 19.1 Å². The van der Waals surface area contributed by atoms with Crippen LogP contribution >= 0.6 is 0 Å². The smallest absolute Gasteiger partial charge is 0.163 e. The fourth-order valence-corrected chi connectivity index (χ4v) is 4.86. The maximum Gasteiger partial charge on any atom is 0.163 e. The Hall–Kier alpha value is -4.06. The molecular formula is C32H35N3O3. The molecular weight excluding hydrogens is 474 g/mol. The van der Waals surface area contributed by atoms with Gasteiger partial charge in [-0.15, -0.1) is 0 Å². The average molecular weight is 510 g/mol. The van der Waals surface area contributed by atoms with Crippen molar-refractivity contribution in [3.63, 3.8) is 0 Å². The Labute approximate surface area is 225 Å². The van der Waals surface area contributed by atoms with E-state index in [0.29, 0.717) is 13.2 Å². The van der Waals surface area contributed by atoms with Crippen LogP contribution in [0.1, 0.15) is 43.2 Å². The molecule has 2 aromatic carbocycles. The monoisotopic (exact) mass is 509 g/mol. The zero-order chi connectivity index (χ0) is 26.0. The van der Waals surface area contributed by atoms with E-state index in [4.69, 9.17) is 14.2 Å². The van der Waals surface area contributed by atoms with E-state index in [9.17, 15) is 0 Å². The summed E-state index contributed by atoms with van der Waals surface area (Å²) >= 11 is 0. The summed E-state index contributed by atoms with van der Waals surface area (Å²) in [4.78, 5) is 10.7. The predicted octanol–water partition coefficient (Wildman–Crippen LogP) is 7.16. The number of aryl methyl sites for hydroxylation is 1. The number of methoxy groups -OCH3 is 1. The largest absolute Gasteiger partial charge is 0.494 e. The maximum absolute atomic E-state index is 6.39. The van der Waals surface area contributed by atoms with Crippen LogP contribution in [0, 0.1) is 0 Å². The highest BCUT2D eigenvalue weighted by Crippen LogP contribution is 2.38. The Morgan fingerprint density at radius 3 is 2.34 bits per heavy atom. The van der Waals surface area contributed by atoms with Crippen molar-refractivity contribution in [2.75, 3.05) is 18.6 Å². The molecule has 1 aliphatic carbocycles. The van der Waals surface area contributed by atoms with Gasteiger partial charge in [0.25, 0.3) is 0 Å². The van der Waals surface area contributed by atoms with E-state index >= 15 is 0 Å². The van der Waals surface area contributed by atoms with Crippen LogP contribution in [-0.4, -0.2) is 29.8 Å². The first-order chi connectivity index (χ1) is 18.8. The van der Waals surface area contributed by atoms with Gasteiger partial charge in [-0.3, -0.25) is 9.97 Å². The van der Waals surface area contributed by atoms with Crippen molar-refractivity contribution < 1.29 is 14.2 Å². The number of anilines is 2.